The third-order valence-electron chi connectivity index (χ3n) is 7.02. The number of benzene rings is 1. The van der Waals surface area contributed by atoms with Gasteiger partial charge in [-0.3, -0.25) is 4.79 Å². The molecule has 4 aromatic rings. The number of pyridine rings is 2. The fourth-order valence-corrected chi connectivity index (χ4v) is 4.87. The van der Waals surface area contributed by atoms with Crippen LogP contribution in [0, 0.1) is 0 Å². The van der Waals surface area contributed by atoms with E-state index in [1.165, 1.54) is 0 Å². The summed E-state index contributed by atoms with van der Waals surface area (Å²) in [5.74, 6) is 1.28. The molecular weight excluding hydrogens is 510 g/mol. The van der Waals surface area contributed by atoms with Gasteiger partial charge in [0.05, 0.1) is 40.7 Å². The van der Waals surface area contributed by atoms with E-state index in [0.29, 0.717) is 40.7 Å². The van der Waals surface area contributed by atoms with E-state index < -0.39 is 17.2 Å². The molecule has 0 spiro atoms. The second kappa shape index (κ2) is 10.3. The molecule has 11 nitrogen and oxygen atoms in total. The summed E-state index contributed by atoms with van der Waals surface area (Å²) >= 11 is 0. The molecule has 4 heterocycles. The van der Waals surface area contributed by atoms with Crippen LogP contribution in [-0.2, 0) is 11.1 Å². The van der Waals surface area contributed by atoms with Crippen LogP contribution in [0.4, 0.5) is 17.3 Å². The SMILES string of the molecule is CCN1C(=O)c2ccc(Nc3cc(N[C@H](CO)c4ccccc4)c(-c4nc(C(C)(C)O)no4)cn3)nc2C1(C)C. The Balaban J connectivity index is 1.51. The molecule has 0 saturated heterocycles. The number of carbonyl (C=O) groups excluding carboxylic acids is 1. The molecule has 0 unspecified atom stereocenters. The van der Waals surface area contributed by atoms with E-state index in [1.807, 2.05) is 51.1 Å². The minimum Gasteiger partial charge on any atom is -0.394 e. The van der Waals surface area contributed by atoms with Gasteiger partial charge in [-0.1, -0.05) is 35.5 Å². The molecule has 0 fully saturated rings. The number of aliphatic hydroxyl groups is 2. The number of anilines is 3. The molecule has 4 N–H and O–H groups in total. The largest absolute Gasteiger partial charge is 0.394 e. The van der Waals surface area contributed by atoms with Crippen molar-refractivity contribution in [2.45, 2.75) is 51.8 Å². The fourth-order valence-electron chi connectivity index (χ4n) is 4.87. The molecule has 11 heteroatoms. The first-order valence-corrected chi connectivity index (χ1v) is 13.1. The number of aromatic nitrogens is 4. The van der Waals surface area contributed by atoms with E-state index >= 15 is 0 Å². The van der Waals surface area contributed by atoms with Crippen LogP contribution < -0.4 is 10.6 Å². The van der Waals surface area contributed by atoms with Gasteiger partial charge in [-0.25, -0.2) is 9.97 Å². The van der Waals surface area contributed by atoms with E-state index in [2.05, 4.69) is 25.8 Å². The first kappa shape index (κ1) is 27.2. The first-order valence-electron chi connectivity index (χ1n) is 13.1. The zero-order chi connectivity index (χ0) is 28.7. The number of nitrogens with zero attached hydrogens (tertiary/aromatic N) is 5. The summed E-state index contributed by atoms with van der Waals surface area (Å²) in [7, 11) is 0. The molecule has 1 aliphatic heterocycles. The number of carbonyl (C=O) groups is 1. The average Bonchev–Trinajstić information content (AvgIpc) is 3.49. The first-order chi connectivity index (χ1) is 19.0. The summed E-state index contributed by atoms with van der Waals surface area (Å²) in [4.78, 5) is 28.3. The molecule has 0 bridgehead atoms. The molecule has 0 aliphatic carbocycles. The lowest BCUT2D eigenvalue weighted by Crippen LogP contribution is -2.39. The van der Waals surface area contributed by atoms with E-state index in [4.69, 9.17) is 9.51 Å². The Morgan fingerprint density at radius 2 is 1.82 bits per heavy atom. The highest BCUT2D eigenvalue weighted by Crippen LogP contribution is 2.38. The van der Waals surface area contributed by atoms with E-state index in [9.17, 15) is 15.0 Å². The third-order valence-corrected chi connectivity index (χ3v) is 7.02. The maximum Gasteiger partial charge on any atom is 0.261 e. The number of hydrogen-bond acceptors (Lipinski definition) is 10. The maximum absolute atomic E-state index is 12.8. The Labute approximate surface area is 232 Å². The summed E-state index contributed by atoms with van der Waals surface area (Å²) in [6.07, 6.45) is 1.57. The van der Waals surface area contributed by atoms with Crippen LogP contribution in [0.1, 0.15) is 68.1 Å². The summed E-state index contributed by atoms with van der Waals surface area (Å²) in [6, 6.07) is 14.4. The van der Waals surface area contributed by atoms with Crippen molar-refractivity contribution in [2.75, 3.05) is 23.8 Å². The molecule has 3 aromatic heterocycles. The monoisotopic (exact) mass is 543 g/mol. The van der Waals surface area contributed by atoms with Crippen LogP contribution in [0.25, 0.3) is 11.5 Å². The quantitative estimate of drug-likeness (QED) is 0.240. The number of aliphatic hydroxyl groups excluding tert-OH is 1. The van der Waals surface area contributed by atoms with Crippen LogP contribution in [0.2, 0.25) is 0 Å². The summed E-state index contributed by atoms with van der Waals surface area (Å²) in [6.45, 7) is 9.47. The highest BCUT2D eigenvalue weighted by molar-refractivity contribution is 5.99. The zero-order valence-corrected chi connectivity index (χ0v) is 23.1. The highest BCUT2D eigenvalue weighted by Gasteiger charge is 2.43. The number of nitrogens with one attached hydrogen (secondary N) is 2. The van der Waals surface area contributed by atoms with Crippen LogP contribution in [-0.4, -0.2) is 54.3 Å². The van der Waals surface area contributed by atoms with Gasteiger partial charge in [-0.2, -0.15) is 4.98 Å². The molecule has 1 atom stereocenters. The van der Waals surface area contributed by atoms with Gasteiger partial charge in [0.25, 0.3) is 11.8 Å². The normalized spacial score (nSPS) is 15.2. The minimum absolute atomic E-state index is 0.0311. The number of rotatable bonds is 9. The zero-order valence-electron chi connectivity index (χ0n) is 23.1. The number of fused-ring (bicyclic) bond motifs is 1. The van der Waals surface area contributed by atoms with Crippen LogP contribution in [0.15, 0.2) is 59.3 Å². The van der Waals surface area contributed by atoms with Crippen LogP contribution in [0.5, 0.6) is 0 Å². The molecule has 0 radical (unpaired) electrons. The predicted octanol–water partition coefficient (Wildman–Crippen LogP) is 4.35. The molecule has 5 rings (SSSR count). The predicted molar refractivity (Wildman–Crippen MR) is 150 cm³/mol. The van der Waals surface area contributed by atoms with Crippen molar-refractivity contribution in [3.63, 3.8) is 0 Å². The van der Waals surface area contributed by atoms with Crippen molar-refractivity contribution in [3.8, 4) is 11.5 Å². The highest BCUT2D eigenvalue weighted by atomic mass is 16.5. The van der Waals surface area contributed by atoms with Crippen molar-refractivity contribution in [1.29, 1.82) is 0 Å². The number of amides is 1. The number of hydrogen-bond donors (Lipinski definition) is 4. The molecule has 40 heavy (non-hydrogen) atoms. The van der Waals surface area contributed by atoms with Crippen LogP contribution >= 0.6 is 0 Å². The van der Waals surface area contributed by atoms with Gasteiger partial charge < -0.3 is 30.3 Å². The van der Waals surface area contributed by atoms with E-state index in [0.717, 1.165) is 5.56 Å². The Morgan fingerprint density at radius 3 is 2.48 bits per heavy atom. The Morgan fingerprint density at radius 1 is 1.07 bits per heavy atom. The van der Waals surface area contributed by atoms with Crippen molar-refractivity contribution >= 4 is 23.2 Å². The van der Waals surface area contributed by atoms with Gasteiger partial charge in [-0.05, 0) is 52.3 Å². The second-order valence-electron chi connectivity index (χ2n) is 10.7. The lowest BCUT2D eigenvalue weighted by Gasteiger charge is -2.30. The van der Waals surface area contributed by atoms with Gasteiger partial charge in [0.2, 0.25) is 5.82 Å². The van der Waals surface area contributed by atoms with Crippen LogP contribution in [0.3, 0.4) is 0 Å². The standard InChI is InChI=1S/C29H33N7O4/c1-6-36-26(38)18-12-13-22(33-24(18)28(36,2)3)32-23-14-20(31-21(16-37)17-10-8-7-9-11-17)19(15-30-23)25-34-27(35-40-25)29(4,5)39/h7-15,21,37,39H,6,16H2,1-5H3,(H2,30,31,32,33)/t21-/m1/s1. The summed E-state index contributed by atoms with van der Waals surface area (Å²) < 4.78 is 5.47. The Bertz CT molecular complexity index is 1530. The lowest BCUT2D eigenvalue weighted by atomic mass is 9.99. The average molecular weight is 544 g/mol. The lowest BCUT2D eigenvalue weighted by molar-refractivity contribution is 0.0629. The van der Waals surface area contributed by atoms with Crippen molar-refractivity contribution in [1.82, 2.24) is 25.0 Å². The third kappa shape index (κ3) is 5.01. The fraction of sp³-hybridized carbons (Fsp3) is 0.345. The molecule has 1 aliphatic rings. The van der Waals surface area contributed by atoms with E-state index in [-0.39, 0.29) is 24.2 Å². The van der Waals surface area contributed by atoms with Gasteiger partial charge in [-0.15, -0.1) is 0 Å². The van der Waals surface area contributed by atoms with Gasteiger partial charge in [0.1, 0.15) is 17.2 Å². The molecule has 1 amide bonds. The molecular formula is C29H33N7O4. The Hall–Kier alpha value is -4.35. The van der Waals surface area contributed by atoms with Crippen molar-refractivity contribution in [3.05, 3.63) is 77.4 Å². The van der Waals surface area contributed by atoms with Gasteiger partial charge in [0.15, 0.2) is 0 Å². The Kier molecular flexibility index (Phi) is 7.03. The smallest absolute Gasteiger partial charge is 0.261 e. The summed E-state index contributed by atoms with van der Waals surface area (Å²) in [5, 5.41) is 31.0. The molecule has 1 aromatic carbocycles. The van der Waals surface area contributed by atoms with Gasteiger partial charge in [0, 0.05) is 18.8 Å². The van der Waals surface area contributed by atoms with E-state index in [1.54, 1.807) is 43.1 Å². The van der Waals surface area contributed by atoms with Crippen molar-refractivity contribution in [2.24, 2.45) is 0 Å². The topological polar surface area (TPSA) is 150 Å². The molecule has 0 saturated carbocycles. The minimum atomic E-state index is -1.29. The van der Waals surface area contributed by atoms with Gasteiger partial charge >= 0.3 is 0 Å². The molecule has 208 valence electrons. The van der Waals surface area contributed by atoms with Crippen molar-refractivity contribution < 1.29 is 19.5 Å². The summed E-state index contributed by atoms with van der Waals surface area (Å²) in [5.41, 5.74) is 1.42. The maximum atomic E-state index is 12.8. The second-order valence-corrected chi connectivity index (χ2v) is 10.7.